The van der Waals surface area contributed by atoms with Gasteiger partial charge in [0.2, 0.25) is 0 Å². The van der Waals surface area contributed by atoms with E-state index in [4.69, 9.17) is 4.74 Å². The molecule has 1 N–H and O–H groups in total. The van der Waals surface area contributed by atoms with Gasteiger partial charge in [-0.05, 0) is 30.3 Å². The smallest absolute Gasteiger partial charge is 0.339 e. The number of nitrogens with one attached hydrogen (secondary N) is 1. The highest BCUT2D eigenvalue weighted by molar-refractivity contribution is 7.92. The molecular formula is C19H19N3O5S. The number of nitrogens with zero attached hydrogens (tertiary/aromatic N) is 2. The molecule has 3 aromatic rings. The number of hydrogen-bond donors (Lipinski definition) is 1. The molecule has 0 fully saturated rings. The van der Waals surface area contributed by atoms with Crippen LogP contribution in [0.2, 0.25) is 0 Å². The molecule has 3 rings (SSSR count). The van der Waals surface area contributed by atoms with Crippen LogP contribution in [0.15, 0.2) is 71.9 Å². The molecule has 0 atom stereocenters. The number of methoxy groups -OCH3 is 1. The topological polar surface area (TPSA) is 99.5 Å². The third kappa shape index (κ3) is 4.68. The Kier molecular flexibility index (Phi) is 5.95. The van der Waals surface area contributed by atoms with Crippen molar-refractivity contribution in [2.75, 3.05) is 18.4 Å². The molecule has 8 nitrogen and oxygen atoms in total. The zero-order valence-electron chi connectivity index (χ0n) is 15.1. The van der Waals surface area contributed by atoms with Crippen LogP contribution in [0.5, 0.6) is 5.75 Å². The summed E-state index contributed by atoms with van der Waals surface area (Å²) in [6, 6.07) is 14.2. The van der Waals surface area contributed by atoms with Gasteiger partial charge in [-0.3, -0.25) is 9.40 Å². The third-order valence-electron chi connectivity index (χ3n) is 3.82. The Morgan fingerprint density at radius 1 is 1.14 bits per heavy atom. The van der Waals surface area contributed by atoms with Crippen LogP contribution in [0, 0.1) is 0 Å². The van der Waals surface area contributed by atoms with E-state index in [9.17, 15) is 13.2 Å². The maximum absolute atomic E-state index is 12.8. The van der Waals surface area contributed by atoms with E-state index < -0.39 is 16.0 Å². The van der Waals surface area contributed by atoms with Gasteiger partial charge >= 0.3 is 5.97 Å². The number of benzene rings is 2. The molecule has 0 radical (unpaired) electrons. The van der Waals surface area contributed by atoms with Crippen LogP contribution >= 0.6 is 0 Å². The first kappa shape index (κ1) is 19.4. The number of aromatic nitrogens is 2. The van der Waals surface area contributed by atoms with Gasteiger partial charge in [0.25, 0.3) is 10.0 Å². The Morgan fingerprint density at radius 2 is 1.96 bits per heavy atom. The summed E-state index contributed by atoms with van der Waals surface area (Å²) in [4.78, 5) is 11.7. The van der Waals surface area contributed by atoms with E-state index >= 15 is 0 Å². The normalized spacial score (nSPS) is 11.0. The van der Waals surface area contributed by atoms with Gasteiger partial charge in [-0.1, -0.05) is 18.2 Å². The molecule has 0 unspecified atom stereocenters. The first-order valence-electron chi connectivity index (χ1n) is 8.40. The minimum Gasteiger partial charge on any atom is -0.492 e. The van der Waals surface area contributed by atoms with Crippen molar-refractivity contribution in [3.8, 4) is 5.75 Å². The standard InChI is InChI=1S/C19H19N3O5S/c1-26-19(23)17-8-2-3-9-18(17)28(24,25)21-15-6-4-7-16(14-15)27-13-12-22-11-5-10-20-22/h2-11,14,21H,12-13H2,1H3. The highest BCUT2D eigenvalue weighted by Crippen LogP contribution is 2.23. The number of rotatable bonds is 8. The quantitative estimate of drug-likeness (QED) is 0.583. The second-order valence-corrected chi connectivity index (χ2v) is 7.39. The van der Waals surface area contributed by atoms with E-state index in [0.717, 1.165) is 0 Å². The lowest BCUT2D eigenvalue weighted by molar-refractivity contribution is 0.0596. The summed E-state index contributed by atoms with van der Waals surface area (Å²) in [5, 5.41) is 4.08. The molecule has 0 aliphatic carbocycles. The molecule has 0 saturated carbocycles. The molecule has 0 bridgehead atoms. The van der Waals surface area contributed by atoms with Crippen LogP contribution in [0.25, 0.3) is 0 Å². The Hall–Kier alpha value is -3.33. The Labute approximate surface area is 162 Å². The SMILES string of the molecule is COC(=O)c1ccccc1S(=O)(=O)Nc1cccc(OCCn2cccn2)c1. The first-order valence-corrected chi connectivity index (χ1v) is 9.88. The van der Waals surface area contributed by atoms with E-state index in [0.29, 0.717) is 24.6 Å². The molecule has 0 aliphatic rings. The molecular weight excluding hydrogens is 382 g/mol. The summed E-state index contributed by atoms with van der Waals surface area (Å²) >= 11 is 0. The number of carbonyl (C=O) groups excluding carboxylic acids is 1. The molecule has 146 valence electrons. The average Bonchev–Trinajstić information content (AvgIpc) is 3.21. The van der Waals surface area contributed by atoms with Crippen LogP contribution in [-0.2, 0) is 21.3 Å². The fourth-order valence-corrected chi connectivity index (χ4v) is 3.77. The summed E-state index contributed by atoms with van der Waals surface area (Å²) in [6.45, 7) is 0.943. The van der Waals surface area contributed by atoms with Gasteiger partial charge in [0.1, 0.15) is 17.3 Å². The van der Waals surface area contributed by atoms with E-state index in [2.05, 4.69) is 14.6 Å². The third-order valence-corrected chi connectivity index (χ3v) is 5.26. The van der Waals surface area contributed by atoms with Gasteiger partial charge < -0.3 is 9.47 Å². The van der Waals surface area contributed by atoms with Crippen LogP contribution in [-0.4, -0.2) is 37.9 Å². The van der Waals surface area contributed by atoms with Crippen LogP contribution in [0.4, 0.5) is 5.69 Å². The number of sulfonamides is 1. The summed E-state index contributed by atoms with van der Waals surface area (Å²) in [6.07, 6.45) is 3.51. The fraction of sp³-hybridized carbons (Fsp3) is 0.158. The van der Waals surface area contributed by atoms with Crippen molar-refractivity contribution in [3.63, 3.8) is 0 Å². The molecule has 0 amide bonds. The predicted molar refractivity (Wildman–Crippen MR) is 103 cm³/mol. The van der Waals surface area contributed by atoms with E-state index in [1.54, 1.807) is 41.2 Å². The minimum atomic E-state index is -3.99. The van der Waals surface area contributed by atoms with E-state index in [1.165, 1.54) is 25.3 Å². The van der Waals surface area contributed by atoms with Gasteiger partial charge in [-0.2, -0.15) is 5.10 Å². The Morgan fingerprint density at radius 3 is 2.71 bits per heavy atom. The van der Waals surface area contributed by atoms with Crippen molar-refractivity contribution >= 4 is 21.7 Å². The number of hydrogen-bond acceptors (Lipinski definition) is 6. The monoisotopic (exact) mass is 401 g/mol. The highest BCUT2D eigenvalue weighted by atomic mass is 32.2. The maximum atomic E-state index is 12.8. The van der Waals surface area contributed by atoms with Crippen molar-refractivity contribution in [1.82, 2.24) is 9.78 Å². The van der Waals surface area contributed by atoms with Gasteiger partial charge in [0.15, 0.2) is 0 Å². The van der Waals surface area contributed by atoms with Crippen molar-refractivity contribution in [2.45, 2.75) is 11.4 Å². The van der Waals surface area contributed by atoms with Crippen molar-refractivity contribution in [3.05, 3.63) is 72.6 Å². The summed E-state index contributed by atoms with van der Waals surface area (Å²) in [5.74, 6) is -0.217. The minimum absolute atomic E-state index is 0.0378. The average molecular weight is 401 g/mol. The lowest BCUT2D eigenvalue weighted by Crippen LogP contribution is -2.17. The van der Waals surface area contributed by atoms with Gasteiger partial charge in [0, 0.05) is 18.5 Å². The molecule has 28 heavy (non-hydrogen) atoms. The highest BCUT2D eigenvalue weighted by Gasteiger charge is 2.22. The first-order chi connectivity index (χ1) is 13.5. The molecule has 0 saturated heterocycles. The summed E-state index contributed by atoms with van der Waals surface area (Å²) < 4.78 is 40.0. The van der Waals surface area contributed by atoms with E-state index in [-0.39, 0.29) is 10.5 Å². The number of anilines is 1. The predicted octanol–water partition coefficient (Wildman–Crippen LogP) is 2.55. The van der Waals surface area contributed by atoms with Crippen LogP contribution < -0.4 is 9.46 Å². The largest absolute Gasteiger partial charge is 0.492 e. The number of esters is 1. The number of ether oxygens (including phenoxy) is 2. The molecule has 9 heteroatoms. The van der Waals surface area contributed by atoms with Crippen LogP contribution in [0.1, 0.15) is 10.4 Å². The molecule has 2 aromatic carbocycles. The molecule has 0 aliphatic heterocycles. The zero-order valence-corrected chi connectivity index (χ0v) is 15.9. The summed E-state index contributed by atoms with van der Waals surface area (Å²) in [7, 11) is -2.79. The van der Waals surface area contributed by atoms with Crippen LogP contribution in [0.3, 0.4) is 0 Å². The lowest BCUT2D eigenvalue weighted by Gasteiger charge is -2.12. The van der Waals surface area contributed by atoms with Gasteiger partial charge in [0.05, 0.1) is 24.9 Å². The number of carbonyl (C=O) groups is 1. The molecule has 1 heterocycles. The lowest BCUT2D eigenvalue weighted by atomic mass is 10.2. The Bertz CT molecular complexity index is 1050. The maximum Gasteiger partial charge on any atom is 0.339 e. The second-order valence-electron chi connectivity index (χ2n) is 5.74. The van der Waals surface area contributed by atoms with Crippen molar-refractivity contribution in [1.29, 1.82) is 0 Å². The summed E-state index contributed by atoms with van der Waals surface area (Å²) in [5.41, 5.74) is 0.278. The molecule has 0 spiro atoms. The molecule has 1 aromatic heterocycles. The van der Waals surface area contributed by atoms with Gasteiger partial charge in [-0.25, -0.2) is 13.2 Å². The van der Waals surface area contributed by atoms with Gasteiger partial charge in [-0.15, -0.1) is 0 Å². The Balaban J connectivity index is 1.73. The van der Waals surface area contributed by atoms with Crippen molar-refractivity contribution < 1.29 is 22.7 Å². The van der Waals surface area contributed by atoms with Crippen molar-refractivity contribution in [2.24, 2.45) is 0 Å². The fourth-order valence-electron chi connectivity index (χ4n) is 2.53. The zero-order chi connectivity index (χ0) is 20.0. The van der Waals surface area contributed by atoms with E-state index in [1.807, 2.05) is 12.3 Å². The second kappa shape index (κ2) is 8.57.